The van der Waals surface area contributed by atoms with Crippen LogP contribution in [0.25, 0.3) is 0 Å². The maximum Gasteiger partial charge on any atom is 0.253 e. The molecule has 1 aromatic heterocycles. The molecule has 2 heterocycles. The number of rotatable bonds is 2. The lowest BCUT2D eigenvalue weighted by molar-refractivity contribution is 0.0746. The molecule has 5 nitrogen and oxygen atoms in total. The van der Waals surface area contributed by atoms with Crippen molar-refractivity contribution in [3.63, 3.8) is 0 Å². The van der Waals surface area contributed by atoms with E-state index in [0.717, 1.165) is 56.1 Å². The normalized spacial score (nSPS) is 17.0. The predicted molar refractivity (Wildman–Crippen MR) is 93.4 cm³/mol. The minimum Gasteiger partial charge on any atom is -0.352 e. The van der Waals surface area contributed by atoms with Gasteiger partial charge in [-0.05, 0) is 49.9 Å². The Balaban J connectivity index is 1.41. The molecule has 1 saturated heterocycles. The van der Waals surface area contributed by atoms with Crippen LogP contribution >= 0.6 is 0 Å². The Hall–Kier alpha value is -2.43. The molecule has 124 valence electrons. The van der Waals surface area contributed by atoms with Crippen molar-refractivity contribution in [2.75, 3.05) is 31.1 Å². The Morgan fingerprint density at radius 3 is 2.50 bits per heavy atom. The van der Waals surface area contributed by atoms with Crippen molar-refractivity contribution in [2.24, 2.45) is 0 Å². The minimum absolute atomic E-state index is 0.120. The van der Waals surface area contributed by atoms with E-state index in [1.165, 1.54) is 17.5 Å². The molecule has 4 rings (SSSR count). The topological polar surface area (TPSA) is 49.3 Å². The van der Waals surface area contributed by atoms with Crippen LogP contribution in [-0.4, -0.2) is 47.2 Å². The van der Waals surface area contributed by atoms with E-state index in [0.29, 0.717) is 0 Å². The highest BCUT2D eigenvalue weighted by molar-refractivity contribution is 5.94. The number of hydrogen-bond donors (Lipinski definition) is 0. The van der Waals surface area contributed by atoms with Gasteiger partial charge in [-0.3, -0.25) is 4.79 Å². The van der Waals surface area contributed by atoms with Crippen molar-refractivity contribution in [1.29, 1.82) is 0 Å². The lowest BCUT2D eigenvalue weighted by Crippen LogP contribution is -2.49. The number of aryl methyl sites for hydroxylation is 3. The molecule has 1 aliphatic heterocycles. The minimum atomic E-state index is 0.120. The van der Waals surface area contributed by atoms with Crippen LogP contribution in [0.5, 0.6) is 0 Å². The summed E-state index contributed by atoms with van der Waals surface area (Å²) in [5, 5.41) is 8.76. The van der Waals surface area contributed by atoms with Gasteiger partial charge in [0.1, 0.15) is 0 Å². The zero-order chi connectivity index (χ0) is 16.5. The molecule has 0 N–H and O–H groups in total. The molecule has 1 fully saturated rings. The van der Waals surface area contributed by atoms with E-state index in [-0.39, 0.29) is 5.91 Å². The first-order valence-corrected chi connectivity index (χ1v) is 8.67. The van der Waals surface area contributed by atoms with Crippen molar-refractivity contribution in [3.05, 3.63) is 52.7 Å². The molecular weight excluding hydrogens is 300 g/mol. The lowest BCUT2D eigenvalue weighted by atomic mass is 10.1. The molecule has 1 aromatic carbocycles. The summed E-state index contributed by atoms with van der Waals surface area (Å²) < 4.78 is 0. The van der Waals surface area contributed by atoms with E-state index >= 15 is 0 Å². The number of amides is 1. The smallest absolute Gasteiger partial charge is 0.253 e. The quantitative estimate of drug-likeness (QED) is 0.851. The van der Waals surface area contributed by atoms with Gasteiger partial charge in [0.05, 0.1) is 5.69 Å². The van der Waals surface area contributed by atoms with Gasteiger partial charge in [-0.15, -0.1) is 5.10 Å². The summed E-state index contributed by atoms with van der Waals surface area (Å²) >= 11 is 0. The molecule has 0 saturated carbocycles. The predicted octanol–water partition coefficient (Wildman–Crippen LogP) is 2.24. The molecule has 0 bridgehead atoms. The molecule has 0 atom stereocenters. The van der Waals surface area contributed by atoms with E-state index in [1.807, 2.05) is 36.1 Å². The molecule has 2 aliphatic rings. The van der Waals surface area contributed by atoms with Gasteiger partial charge in [-0.2, -0.15) is 5.10 Å². The van der Waals surface area contributed by atoms with E-state index in [2.05, 4.69) is 21.2 Å². The Labute approximate surface area is 142 Å². The SMILES string of the molecule is Cc1ccc(C(=O)N2CCN(c3cc4c(nn3)CCC4)CC2)cc1. The van der Waals surface area contributed by atoms with Crippen molar-refractivity contribution in [1.82, 2.24) is 15.1 Å². The van der Waals surface area contributed by atoms with Crippen LogP contribution in [-0.2, 0) is 12.8 Å². The summed E-state index contributed by atoms with van der Waals surface area (Å²) in [6.07, 6.45) is 3.36. The summed E-state index contributed by atoms with van der Waals surface area (Å²) in [7, 11) is 0. The number of nitrogens with zero attached hydrogens (tertiary/aromatic N) is 4. The first-order chi connectivity index (χ1) is 11.7. The van der Waals surface area contributed by atoms with Gasteiger partial charge in [-0.1, -0.05) is 17.7 Å². The van der Waals surface area contributed by atoms with E-state index in [4.69, 9.17) is 0 Å². The van der Waals surface area contributed by atoms with Gasteiger partial charge >= 0.3 is 0 Å². The molecule has 0 spiro atoms. The van der Waals surface area contributed by atoms with Gasteiger partial charge in [-0.25, -0.2) is 0 Å². The van der Waals surface area contributed by atoms with Crippen LogP contribution in [0.4, 0.5) is 5.82 Å². The highest BCUT2D eigenvalue weighted by Crippen LogP contribution is 2.23. The number of hydrogen-bond acceptors (Lipinski definition) is 4. The third-order valence-electron chi connectivity index (χ3n) is 5.00. The average molecular weight is 322 g/mol. The number of piperazine rings is 1. The summed E-state index contributed by atoms with van der Waals surface area (Å²) in [5.41, 5.74) is 4.45. The lowest BCUT2D eigenvalue weighted by Gasteiger charge is -2.35. The van der Waals surface area contributed by atoms with Crippen LogP contribution in [0.2, 0.25) is 0 Å². The van der Waals surface area contributed by atoms with Gasteiger partial charge < -0.3 is 9.80 Å². The third kappa shape index (κ3) is 2.86. The number of aromatic nitrogens is 2. The molecule has 5 heteroatoms. The van der Waals surface area contributed by atoms with Crippen molar-refractivity contribution < 1.29 is 4.79 Å². The van der Waals surface area contributed by atoms with Gasteiger partial charge in [0.15, 0.2) is 5.82 Å². The fraction of sp³-hybridized carbons (Fsp3) is 0.421. The van der Waals surface area contributed by atoms with Crippen molar-refractivity contribution >= 4 is 11.7 Å². The monoisotopic (exact) mass is 322 g/mol. The maximum absolute atomic E-state index is 12.6. The maximum atomic E-state index is 12.6. The van der Waals surface area contributed by atoms with Gasteiger partial charge in [0.2, 0.25) is 0 Å². The number of carbonyl (C=O) groups is 1. The van der Waals surface area contributed by atoms with Crippen LogP contribution in [0, 0.1) is 6.92 Å². The third-order valence-corrected chi connectivity index (χ3v) is 5.00. The largest absolute Gasteiger partial charge is 0.352 e. The van der Waals surface area contributed by atoms with Crippen molar-refractivity contribution in [3.8, 4) is 0 Å². The average Bonchev–Trinajstić information content (AvgIpc) is 3.09. The first kappa shape index (κ1) is 15.1. The second-order valence-electron chi connectivity index (χ2n) is 6.67. The standard InChI is InChI=1S/C19H22N4O/c1-14-5-7-15(8-6-14)19(24)23-11-9-22(10-12-23)18-13-16-3-2-4-17(16)20-21-18/h5-8,13H,2-4,9-12H2,1H3. The van der Waals surface area contributed by atoms with E-state index in [9.17, 15) is 4.79 Å². The highest BCUT2D eigenvalue weighted by Gasteiger charge is 2.24. The Kier molecular flexibility index (Phi) is 3.92. The fourth-order valence-corrected chi connectivity index (χ4v) is 3.49. The van der Waals surface area contributed by atoms with E-state index in [1.54, 1.807) is 0 Å². The first-order valence-electron chi connectivity index (χ1n) is 8.67. The molecule has 0 radical (unpaired) electrons. The van der Waals surface area contributed by atoms with Crippen LogP contribution in [0.15, 0.2) is 30.3 Å². The van der Waals surface area contributed by atoms with Crippen LogP contribution < -0.4 is 4.90 Å². The number of benzene rings is 1. The second-order valence-corrected chi connectivity index (χ2v) is 6.67. The number of anilines is 1. The molecule has 1 amide bonds. The molecule has 2 aromatic rings. The summed E-state index contributed by atoms with van der Waals surface area (Å²) in [5.74, 6) is 1.08. The van der Waals surface area contributed by atoms with Crippen molar-refractivity contribution in [2.45, 2.75) is 26.2 Å². The van der Waals surface area contributed by atoms with Crippen LogP contribution in [0.1, 0.15) is 33.6 Å². The summed E-state index contributed by atoms with van der Waals surface area (Å²) in [6.45, 7) is 5.11. The molecular formula is C19H22N4O. The molecule has 24 heavy (non-hydrogen) atoms. The Morgan fingerprint density at radius 2 is 1.75 bits per heavy atom. The fourth-order valence-electron chi connectivity index (χ4n) is 3.49. The second kappa shape index (κ2) is 6.23. The van der Waals surface area contributed by atoms with Gasteiger partial charge in [0, 0.05) is 31.7 Å². The van der Waals surface area contributed by atoms with Gasteiger partial charge in [0.25, 0.3) is 5.91 Å². The highest BCUT2D eigenvalue weighted by atomic mass is 16.2. The summed E-state index contributed by atoms with van der Waals surface area (Å²) in [6, 6.07) is 9.99. The molecule has 0 unspecified atom stereocenters. The van der Waals surface area contributed by atoms with Crippen LogP contribution in [0.3, 0.4) is 0 Å². The number of carbonyl (C=O) groups excluding carboxylic acids is 1. The summed E-state index contributed by atoms with van der Waals surface area (Å²) in [4.78, 5) is 16.8. The molecule has 1 aliphatic carbocycles. The Morgan fingerprint density at radius 1 is 1.00 bits per heavy atom. The van der Waals surface area contributed by atoms with E-state index < -0.39 is 0 Å². The number of fused-ring (bicyclic) bond motifs is 1. The Bertz CT molecular complexity index is 748. The zero-order valence-electron chi connectivity index (χ0n) is 14.0. The zero-order valence-corrected chi connectivity index (χ0v) is 14.0.